The zero-order chi connectivity index (χ0) is 81.2. The summed E-state index contributed by atoms with van der Waals surface area (Å²) in [7, 11) is 0. The SMILES string of the molecule is c1ccc2c(c1)-c1c(-n3c4ccccc4c4cc(-c5ccc6c(c5)c5ccccc5n6-c5ccc6oc7ccccc7c6c5)ccc43)cccc1C21C2CC3CC(C2)CC1C3.c1ccc2c(c1)-c1cccc(-n3c4ccccc4c4cc(-c5ccc6c(c5)c5ccccc5n6-c5ccc(-c6ccc7ccccc7c6)cc5)ccc43)c1C21C2CC3CC(C2)CC1C3. The van der Waals surface area contributed by atoms with Crippen LogP contribution >= 0.6 is 0 Å². The van der Waals surface area contributed by atoms with Crippen LogP contribution in [0.4, 0.5) is 0 Å². The second-order valence-corrected chi connectivity index (χ2v) is 38.6. The molecular formula is C120H88N4O. The van der Waals surface area contributed by atoms with Crippen LogP contribution < -0.4 is 0 Å². The van der Waals surface area contributed by atoms with Crippen LogP contribution in [0, 0.1) is 47.3 Å². The Morgan fingerprint density at radius 3 is 1.16 bits per heavy atom. The van der Waals surface area contributed by atoms with Crippen LogP contribution in [0.25, 0.3) is 198 Å². The van der Waals surface area contributed by atoms with Crippen molar-refractivity contribution in [2.45, 2.75) is 75.0 Å². The molecule has 5 heterocycles. The van der Waals surface area contributed by atoms with Crippen LogP contribution in [0.1, 0.15) is 86.5 Å². The first-order chi connectivity index (χ1) is 61.9. The Kier molecular flexibility index (Phi) is 14.4. The first-order valence-electron chi connectivity index (χ1n) is 46.0. The molecule has 8 bridgehead atoms. The van der Waals surface area contributed by atoms with Gasteiger partial charge in [-0.3, -0.25) is 0 Å². The molecular weight excluding hydrogens is 1510 g/mol. The predicted octanol–water partition coefficient (Wildman–Crippen LogP) is 31.3. The highest BCUT2D eigenvalue weighted by atomic mass is 16.3. The maximum Gasteiger partial charge on any atom is 0.135 e. The average Bonchev–Trinajstić information content (AvgIpc) is 1.52. The summed E-state index contributed by atoms with van der Waals surface area (Å²) in [5.74, 6) is 6.58. The molecule has 5 nitrogen and oxygen atoms in total. The lowest BCUT2D eigenvalue weighted by Gasteiger charge is -2.61. The first kappa shape index (κ1) is 69.5. The van der Waals surface area contributed by atoms with Gasteiger partial charge in [0.05, 0.1) is 55.5 Å². The molecule has 0 aliphatic heterocycles. The number of hydrogen-bond donors (Lipinski definition) is 0. The molecule has 5 heteroatoms. The molecule has 10 aliphatic carbocycles. The van der Waals surface area contributed by atoms with Gasteiger partial charge in [0.25, 0.3) is 0 Å². The quantitative estimate of drug-likeness (QED) is 0.157. The summed E-state index contributed by atoms with van der Waals surface area (Å²) < 4.78 is 16.3. The fraction of sp³-hybridized carbons (Fsp3) is 0.167. The topological polar surface area (TPSA) is 32.9 Å². The third-order valence-corrected chi connectivity index (χ3v) is 32.8. The number of para-hydroxylation sites is 5. The van der Waals surface area contributed by atoms with Crippen molar-refractivity contribution < 1.29 is 4.42 Å². The number of benzene rings is 17. The van der Waals surface area contributed by atoms with Gasteiger partial charge in [-0.05, 0) is 322 Å². The van der Waals surface area contributed by atoms with Gasteiger partial charge in [-0.1, -0.05) is 237 Å². The lowest BCUT2D eigenvalue weighted by molar-refractivity contribution is -0.0399. The molecule has 17 aromatic carbocycles. The second kappa shape index (κ2) is 25.8. The van der Waals surface area contributed by atoms with Crippen LogP contribution in [0.2, 0.25) is 0 Å². The van der Waals surface area contributed by atoms with Crippen LogP contribution in [0.15, 0.2) is 368 Å². The Hall–Kier alpha value is -14.0. The third kappa shape index (κ3) is 9.58. The largest absolute Gasteiger partial charge is 0.456 e. The van der Waals surface area contributed by atoms with Crippen LogP contribution in [0.5, 0.6) is 0 Å². The maximum absolute atomic E-state index is 6.21. The van der Waals surface area contributed by atoms with E-state index in [0.29, 0.717) is 11.8 Å². The van der Waals surface area contributed by atoms with Gasteiger partial charge < -0.3 is 22.7 Å². The molecule has 0 radical (unpaired) electrons. The minimum atomic E-state index is 0.0848. The lowest BCUT2D eigenvalue weighted by Crippen LogP contribution is -2.55. The van der Waals surface area contributed by atoms with Crippen molar-refractivity contribution in [2.24, 2.45) is 47.3 Å². The summed E-state index contributed by atoms with van der Waals surface area (Å²) in [5.41, 5.74) is 36.8. The molecule has 0 saturated heterocycles. The Labute approximate surface area is 724 Å². The van der Waals surface area contributed by atoms with Crippen molar-refractivity contribution in [1.29, 1.82) is 0 Å². The second-order valence-electron chi connectivity index (χ2n) is 38.6. The normalized spacial score (nSPS) is 22.1. The molecule has 5 aromatic heterocycles. The molecule has 2 spiro atoms. The van der Waals surface area contributed by atoms with Crippen LogP contribution in [-0.4, -0.2) is 18.3 Å². The Morgan fingerprint density at radius 2 is 0.592 bits per heavy atom. The molecule has 10 aliphatic rings. The Morgan fingerprint density at radius 1 is 0.216 bits per heavy atom. The van der Waals surface area contributed by atoms with E-state index in [1.54, 1.807) is 22.3 Å². The van der Waals surface area contributed by atoms with Gasteiger partial charge in [0.15, 0.2) is 0 Å². The molecule has 22 aromatic rings. The number of nitrogens with zero attached hydrogens (tertiary/aromatic N) is 4. The van der Waals surface area contributed by atoms with Gasteiger partial charge in [-0.25, -0.2) is 0 Å². The van der Waals surface area contributed by atoms with Crippen molar-refractivity contribution in [3.8, 4) is 78.4 Å². The number of aromatic nitrogens is 4. The predicted molar refractivity (Wildman–Crippen MR) is 518 cm³/mol. The van der Waals surface area contributed by atoms with E-state index in [-0.39, 0.29) is 10.8 Å². The van der Waals surface area contributed by atoms with Crippen LogP contribution in [-0.2, 0) is 10.8 Å². The highest BCUT2D eigenvalue weighted by molar-refractivity contribution is 6.16. The third-order valence-electron chi connectivity index (χ3n) is 32.8. The van der Waals surface area contributed by atoms with Gasteiger partial charge in [-0.2, -0.15) is 0 Å². The van der Waals surface area contributed by atoms with E-state index < -0.39 is 0 Å². The first-order valence-corrected chi connectivity index (χ1v) is 46.0. The highest BCUT2D eigenvalue weighted by Gasteiger charge is 2.64. The van der Waals surface area contributed by atoms with Gasteiger partial charge in [0.1, 0.15) is 11.2 Å². The van der Waals surface area contributed by atoms with Gasteiger partial charge >= 0.3 is 0 Å². The highest BCUT2D eigenvalue weighted by Crippen LogP contribution is 2.72. The molecule has 594 valence electrons. The Balaban J connectivity index is 0.000000125. The van der Waals surface area contributed by atoms with Crippen molar-refractivity contribution in [3.63, 3.8) is 0 Å². The zero-order valence-corrected chi connectivity index (χ0v) is 69.5. The molecule has 0 atom stereocenters. The lowest BCUT2D eigenvalue weighted by atomic mass is 9.43. The molecule has 125 heavy (non-hydrogen) atoms. The molecule has 0 amide bonds. The monoisotopic (exact) mass is 1600 g/mol. The summed E-state index contributed by atoms with van der Waals surface area (Å²) in [6, 6.07) is 138. The van der Waals surface area contributed by atoms with Gasteiger partial charge in [0, 0.05) is 81.6 Å². The fourth-order valence-electron chi connectivity index (χ4n) is 28.5. The fourth-order valence-corrected chi connectivity index (χ4v) is 28.5. The van der Waals surface area contributed by atoms with Crippen molar-refractivity contribution in [1.82, 2.24) is 18.3 Å². The molecule has 8 fully saturated rings. The van der Waals surface area contributed by atoms with E-state index in [4.69, 9.17) is 4.42 Å². The van der Waals surface area contributed by atoms with Crippen LogP contribution in [0.3, 0.4) is 0 Å². The van der Waals surface area contributed by atoms with Crippen molar-refractivity contribution in [2.75, 3.05) is 0 Å². The van der Waals surface area contributed by atoms with E-state index in [1.807, 2.05) is 6.07 Å². The van der Waals surface area contributed by atoms with E-state index in [2.05, 4.69) is 376 Å². The number of hydrogen-bond acceptors (Lipinski definition) is 1. The van der Waals surface area contributed by atoms with Crippen molar-refractivity contribution >= 4 is 120 Å². The van der Waals surface area contributed by atoms with Gasteiger partial charge in [-0.15, -0.1) is 0 Å². The zero-order valence-electron chi connectivity index (χ0n) is 69.5. The standard InChI is InChI=1S/C62H46N2.C58H42N2O/c1-2-11-42-35-43(21-20-40(42)10-1)41-22-26-48(27-23-41)63-56-17-7-4-13-50(56)53-36-44(24-28-58(53)63)45-25-29-59-54(37-45)51-14-5-8-18-57(51)64(59)60-19-9-15-52-49-12-3-6-16-55(49)62(61(52)60)46-31-38-30-39(33-46)34-47(62)32-38;1-5-14-48-44(13-1)57-49(58(48)38-27-34-26-35(29-38)30-39(58)28-34)15-9-18-54(57)60-51-17-7-3-11-42(51)46-32-37(21-24-53(46)60)36-20-23-52-45(31-36)41-10-2-6-16-50(41)59(52)40-22-25-56-47(33-40)43-12-4-8-19-55(43)61-56/h1-29,35-39,46-47H,30-34H2;1-25,31-35,38-39H,26-30H2. The minimum absolute atomic E-state index is 0.0848. The number of fused-ring (bicyclic) bond motifs is 22. The van der Waals surface area contributed by atoms with Crippen molar-refractivity contribution in [3.05, 3.63) is 386 Å². The smallest absolute Gasteiger partial charge is 0.135 e. The average molecular weight is 1600 g/mol. The van der Waals surface area contributed by atoms with Gasteiger partial charge in [0.2, 0.25) is 0 Å². The number of furan rings is 1. The molecule has 0 unspecified atom stereocenters. The van der Waals surface area contributed by atoms with E-state index in [1.165, 1.54) is 235 Å². The number of rotatable bonds is 7. The summed E-state index contributed by atoms with van der Waals surface area (Å²) in [6.07, 6.45) is 14.0. The summed E-state index contributed by atoms with van der Waals surface area (Å²) in [4.78, 5) is 0. The summed E-state index contributed by atoms with van der Waals surface area (Å²) >= 11 is 0. The minimum Gasteiger partial charge on any atom is -0.456 e. The summed E-state index contributed by atoms with van der Waals surface area (Å²) in [6.45, 7) is 0. The summed E-state index contributed by atoms with van der Waals surface area (Å²) in [5, 5.41) is 15.1. The Bertz CT molecular complexity index is 8360. The maximum atomic E-state index is 6.21. The van der Waals surface area contributed by atoms with E-state index in [9.17, 15) is 0 Å². The molecule has 8 saturated carbocycles. The van der Waals surface area contributed by atoms with E-state index >= 15 is 0 Å². The van der Waals surface area contributed by atoms with E-state index in [0.717, 1.165) is 63.1 Å². The molecule has 0 N–H and O–H groups in total. The molecule has 32 rings (SSSR count).